The molecule has 0 aromatic carbocycles. The van der Waals surface area contributed by atoms with Gasteiger partial charge in [-0.2, -0.15) is 5.26 Å². The van der Waals surface area contributed by atoms with Gasteiger partial charge in [0.1, 0.15) is 0 Å². The Hall–Kier alpha value is -0.850. The van der Waals surface area contributed by atoms with Crippen molar-refractivity contribution in [3.05, 3.63) is 12.2 Å². The topological polar surface area (TPSA) is 36.3 Å². The van der Waals surface area contributed by atoms with Gasteiger partial charge in [0.25, 0.3) is 0 Å². The molecule has 72 valence electrons. The van der Waals surface area contributed by atoms with Crippen LogP contribution < -0.4 is 0 Å². The number of nitriles is 1. The molecule has 0 aromatic heterocycles. The van der Waals surface area contributed by atoms with E-state index >= 15 is 0 Å². The number of hydrogen-bond acceptors (Lipinski definition) is 3. The van der Waals surface area contributed by atoms with Crippen molar-refractivity contribution in [2.24, 2.45) is 0 Å². The standard InChI is InChI=1S/C10H16N2O/c1-3-9(5-4-6-11)12(2)10-7-13-8-10/h4-5,9-10H,3,7-8H2,1-2H3. The molecule has 0 saturated carbocycles. The van der Waals surface area contributed by atoms with E-state index in [0.717, 1.165) is 19.6 Å². The van der Waals surface area contributed by atoms with Crippen molar-refractivity contribution in [1.29, 1.82) is 5.26 Å². The molecule has 1 aliphatic heterocycles. The zero-order valence-electron chi connectivity index (χ0n) is 8.23. The molecule has 1 rings (SSSR count). The van der Waals surface area contributed by atoms with Gasteiger partial charge in [0.15, 0.2) is 0 Å². The molecule has 0 N–H and O–H groups in total. The fourth-order valence-electron chi connectivity index (χ4n) is 1.44. The second-order valence-corrected chi connectivity index (χ2v) is 3.32. The van der Waals surface area contributed by atoms with Gasteiger partial charge in [-0.1, -0.05) is 13.0 Å². The highest BCUT2D eigenvalue weighted by atomic mass is 16.5. The summed E-state index contributed by atoms with van der Waals surface area (Å²) in [5.41, 5.74) is 0. The fraction of sp³-hybridized carbons (Fsp3) is 0.700. The predicted molar refractivity (Wildman–Crippen MR) is 51.2 cm³/mol. The lowest BCUT2D eigenvalue weighted by Crippen LogP contribution is -2.50. The fourth-order valence-corrected chi connectivity index (χ4v) is 1.44. The smallest absolute Gasteiger partial charge is 0.0909 e. The third kappa shape index (κ3) is 2.55. The van der Waals surface area contributed by atoms with E-state index in [-0.39, 0.29) is 0 Å². The highest BCUT2D eigenvalue weighted by Gasteiger charge is 2.26. The highest BCUT2D eigenvalue weighted by Crippen LogP contribution is 2.14. The summed E-state index contributed by atoms with van der Waals surface area (Å²) in [7, 11) is 2.09. The number of likely N-dealkylation sites (N-methyl/N-ethyl adjacent to an activating group) is 1. The van der Waals surface area contributed by atoms with Crippen molar-refractivity contribution in [2.75, 3.05) is 20.3 Å². The largest absolute Gasteiger partial charge is 0.378 e. The average molecular weight is 180 g/mol. The van der Waals surface area contributed by atoms with Crippen LogP contribution in [-0.4, -0.2) is 37.2 Å². The third-order valence-corrected chi connectivity index (χ3v) is 2.53. The van der Waals surface area contributed by atoms with Crippen LogP contribution in [0.3, 0.4) is 0 Å². The van der Waals surface area contributed by atoms with E-state index in [1.807, 2.05) is 12.1 Å². The first-order chi connectivity index (χ1) is 6.29. The van der Waals surface area contributed by atoms with Gasteiger partial charge in [-0.3, -0.25) is 4.90 Å². The van der Waals surface area contributed by atoms with Crippen LogP contribution in [0.25, 0.3) is 0 Å². The summed E-state index contributed by atoms with van der Waals surface area (Å²) in [6.07, 6.45) is 4.55. The Bertz CT molecular complexity index is 215. The van der Waals surface area contributed by atoms with Gasteiger partial charge < -0.3 is 4.74 Å². The van der Waals surface area contributed by atoms with Crippen LogP contribution in [0, 0.1) is 11.3 Å². The van der Waals surface area contributed by atoms with Gasteiger partial charge in [0, 0.05) is 12.1 Å². The molecule has 3 heteroatoms. The van der Waals surface area contributed by atoms with E-state index in [1.54, 1.807) is 6.08 Å². The molecular formula is C10H16N2O. The quantitative estimate of drug-likeness (QED) is 0.609. The van der Waals surface area contributed by atoms with E-state index in [2.05, 4.69) is 18.9 Å². The molecule has 0 bridgehead atoms. The van der Waals surface area contributed by atoms with Crippen LogP contribution in [0.5, 0.6) is 0 Å². The Balaban J connectivity index is 2.44. The molecule has 13 heavy (non-hydrogen) atoms. The van der Waals surface area contributed by atoms with E-state index < -0.39 is 0 Å². The first kappa shape index (κ1) is 10.2. The number of ether oxygens (including phenoxy) is 1. The van der Waals surface area contributed by atoms with Crippen LogP contribution >= 0.6 is 0 Å². The van der Waals surface area contributed by atoms with E-state index in [4.69, 9.17) is 10.00 Å². The van der Waals surface area contributed by atoms with Crippen LogP contribution in [0.1, 0.15) is 13.3 Å². The van der Waals surface area contributed by atoms with Crippen molar-refractivity contribution in [1.82, 2.24) is 4.90 Å². The Morgan fingerprint density at radius 1 is 1.69 bits per heavy atom. The van der Waals surface area contributed by atoms with E-state index in [9.17, 15) is 0 Å². The molecule has 1 atom stereocenters. The Labute approximate surface area is 79.6 Å². The average Bonchev–Trinajstić information content (AvgIpc) is 2.02. The first-order valence-electron chi connectivity index (χ1n) is 4.65. The van der Waals surface area contributed by atoms with Crippen LogP contribution in [0.4, 0.5) is 0 Å². The summed E-state index contributed by atoms with van der Waals surface area (Å²) in [6.45, 7) is 3.78. The number of allylic oxidation sites excluding steroid dienone is 1. The molecule has 3 nitrogen and oxygen atoms in total. The zero-order valence-corrected chi connectivity index (χ0v) is 8.23. The Morgan fingerprint density at radius 2 is 2.38 bits per heavy atom. The van der Waals surface area contributed by atoms with Gasteiger partial charge in [0.05, 0.1) is 25.3 Å². The monoisotopic (exact) mass is 180 g/mol. The van der Waals surface area contributed by atoms with Gasteiger partial charge >= 0.3 is 0 Å². The molecule has 1 unspecified atom stereocenters. The van der Waals surface area contributed by atoms with E-state index in [1.165, 1.54) is 0 Å². The molecule has 0 spiro atoms. The summed E-state index contributed by atoms with van der Waals surface area (Å²) < 4.78 is 5.12. The van der Waals surface area contributed by atoms with Gasteiger partial charge in [-0.25, -0.2) is 0 Å². The van der Waals surface area contributed by atoms with Gasteiger partial charge in [-0.15, -0.1) is 0 Å². The summed E-state index contributed by atoms with van der Waals surface area (Å²) in [6, 6.07) is 2.93. The maximum atomic E-state index is 8.42. The highest BCUT2D eigenvalue weighted by molar-refractivity contribution is 5.07. The summed E-state index contributed by atoms with van der Waals surface area (Å²) in [4.78, 5) is 2.28. The molecular weight excluding hydrogens is 164 g/mol. The lowest BCUT2D eigenvalue weighted by atomic mass is 10.1. The summed E-state index contributed by atoms with van der Waals surface area (Å²) in [5.74, 6) is 0. The normalized spacial score (nSPS) is 20.2. The Morgan fingerprint density at radius 3 is 2.77 bits per heavy atom. The van der Waals surface area contributed by atoms with Crippen molar-refractivity contribution < 1.29 is 4.74 Å². The number of nitrogens with zero attached hydrogens (tertiary/aromatic N) is 2. The minimum atomic E-state index is 0.369. The summed E-state index contributed by atoms with van der Waals surface area (Å²) in [5, 5.41) is 8.42. The predicted octanol–water partition coefficient (Wildman–Crippen LogP) is 1.18. The molecule has 0 radical (unpaired) electrons. The lowest BCUT2D eigenvalue weighted by molar-refractivity contribution is -0.0641. The van der Waals surface area contributed by atoms with Crippen molar-refractivity contribution in [2.45, 2.75) is 25.4 Å². The third-order valence-electron chi connectivity index (χ3n) is 2.53. The maximum absolute atomic E-state index is 8.42. The number of rotatable bonds is 4. The van der Waals surface area contributed by atoms with Crippen LogP contribution in [-0.2, 0) is 4.74 Å². The van der Waals surface area contributed by atoms with Crippen LogP contribution in [0.15, 0.2) is 12.2 Å². The minimum Gasteiger partial charge on any atom is -0.378 e. The number of hydrogen-bond donors (Lipinski definition) is 0. The second-order valence-electron chi connectivity index (χ2n) is 3.32. The van der Waals surface area contributed by atoms with Crippen molar-refractivity contribution in [3.63, 3.8) is 0 Å². The molecule has 0 aromatic rings. The zero-order chi connectivity index (χ0) is 9.68. The Kier molecular flexibility index (Phi) is 3.94. The SMILES string of the molecule is CCC(C=CC#N)N(C)C1COC1. The summed E-state index contributed by atoms with van der Waals surface area (Å²) >= 11 is 0. The molecule has 0 aliphatic carbocycles. The van der Waals surface area contributed by atoms with E-state index in [0.29, 0.717) is 12.1 Å². The molecule has 1 fully saturated rings. The second kappa shape index (κ2) is 5.00. The maximum Gasteiger partial charge on any atom is 0.0909 e. The first-order valence-corrected chi connectivity index (χ1v) is 4.65. The van der Waals surface area contributed by atoms with Crippen molar-refractivity contribution in [3.8, 4) is 6.07 Å². The molecule has 0 amide bonds. The van der Waals surface area contributed by atoms with Crippen molar-refractivity contribution >= 4 is 0 Å². The molecule has 1 aliphatic rings. The van der Waals surface area contributed by atoms with Crippen LogP contribution in [0.2, 0.25) is 0 Å². The van der Waals surface area contributed by atoms with Gasteiger partial charge in [-0.05, 0) is 13.5 Å². The molecule has 1 heterocycles. The lowest BCUT2D eigenvalue weighted by Gasteiger charge is -2.38. The minimum absolute atomic E-state index is 0.369. The van der Waals surface area contributed by atoms with Gasteiger partial charge in [0.2, 0.25) is 0 Å². The molecule has 1 saturated heterocycles.